The van der Waals surface area contributed by atoms with E-state index in [4.69, 9.17) is 18.9 Å². The standard InChI is InChI=1S/C69H125NO13/c1-3-5-7-9-11-13-15-17-19-21-22-23-24-25-26-27-28-29-30-31-32-33-34-35-36-37-39-41-43-45-47-49-51-53-61(74)70-57(58(73)52-50-48-46-44-42-40-38-20-18-16-14-12-10-8-6-4-2)56-80-68-66(79)64(77)67(60(55-72)82-68)83-69-65(78)63(76)62(75)59(54-71)81-69/h5,7,11,13,17,19,22-23,25-26,57-60,62-69,71-73,75-79H,3-4,6,8-10,12,14-16,18,20-21,24,27-56H2,1-2H3,(H,70,74)/b7-5-,13-11-,19-17-,23-22-,26-25-. The van der Waals surface area contributed by atoms with Gasteiger partial charge in [0, 0.05) is 6.42 Å². The van der Waals surface area contributed by atoms with Crippen molar-refractivity contribution in [3.63, 3.8) is 0 Å². The Balaban J connectivity index is 1.63. The van der Waals surface area contributed by atoms with E-state index >= 15 is 0 Å². The summed E-state index contributed by atoms with van der Waals surface area (Å²) in [6.07, 6.45) is 53.7. The number of carbonyl (C=O) groups is 1. The minimum atomic E-state index is -1.78. The zero-order valence-corrected chi connectivity index (χ0v) is 52.4. The summed E-state index contributed by atoms with van der Waals surface area (Å²) < 4.78 is 22.9. The average molecular weight is 1180 g/mol. The zero-order chi connectivity index (χ0) is 60.2. The van der Waals surface area contributed by atoms with Crippen molar-refractivity contribution in [1.82, 2.24) is 5.32 Å². The van der Waals surface area contributed by atoms with Gasteiger partial charge in [0.15, 0.2) is 12.6 Å². The van der Waals surface area contributed by atoms with Crippen LogP contribution in [0.4, 0.5) is 0 Å². The van der Waals surface area contributed by atoms with Gasteiger partial charge >= 0.3 is 0 Å². The van der Waals surface area contributed by atoms with Crippen molar-refractivity contribution in [3.05, 3.63) is 60.8 Å². The van der Waals surface area contributed by atoms with E-state index in [0.29, 0.717) is 12.8 Å². The van der Waals surface area contributed by atoms with Crippen LogP contribution in [0.5, 0.6) is 0 Å². The molecule has 2 rings (SSSR count). The van der Waals surface area contributed by atoms with Crippen molar-refractivity contribution in [2.75, 3.05) is 19.8 Å². The Morgan fingerprint density at radius 2 is 0.831 bits per heavy atom. The maximum Gasteiger partial charge on any atom is 0.220 e. The molecule has 1 amide bonds. The summed E-state index contributed by atoms with van der Waals surface area (Å²) in [5, 5.41) is 87.5. The fourth-order valence-electron chi connectivity index (χ4n) is 11.1. The lowest BCUT2D eigenvalue weighted by molar-refractivity contribution is -0.359. The van der Waals surface area contributed by atoms with Crippen molar-refractivity contribution in [1.29, 1.82) is 0 Å². The Kier molecular flexibility index (Phi) is 49.9. The summed E-state index contributed by atoms with van der Waals surface area (Å²) in [6.45, 7) is 2.77. The van der Waals surface area contributed by atoms with Gasteiger partial charge in [0.2, 0.25) is 5.91 Å². The highest BCUT2D eigenvalue weighted by molar-refractivity contribution is 5.76. The number of ether oxygens (including phenoxy) is 4. The topological polar surface area (TPSA) is 228 Å². The molecule has 2 saturated heterocycles. The minimum absolute atomic E-state index is 0.205. The van der Waals surface area contributed by atoms with E-state index in [1.165, 1.54) is 167 Å². The lowest BCUT2D eigenvalue weighted by Crippen LogP contribution is -2.65. The smallest absolute Gasteiger partial charge is 0.220 e. The first-order valence-electron chi connectivity index (χ1n) is 34.0. The summed E-state index contributed by atoms with van der Waals surface area (Å²) in [4.78, 5) is 13.3. The lowest BCUT2D eigenvalue weighted by Gasteiger charge is -2.46. The van der Waals surface area contributed by atoms with E-state index in [1.807, 2.05) is 0 Å². The van der Waals surface area contributed by atoms with Crippen molar-refractivity contribution in [2.45, 2.75) is 351 Å². The molecule has 0 saturated carbocycles. The normalized spacial score (nSPS) is 24.2. The van der Waals surface area contributed by atoms with Crippen LogP contribution in [0.1, 0.15) is 277 Å². The predicted octanol–water partition coefficient (Wildman–Crippen LogP) is 13.3. The van der Waals surface area contributed by atoms with Gasteiger partial charge in [0.05, 0.1) is 32.0 Å². The Labute approximate surface area is 505 Å². The molecule has 12 unspecified atom stereocenters. The molecular formula is C69H125NO13. The van der Waals surface area contributed by atoms with Crippen LogP contribution in [0.25, 0.3) is 0 Å². The average Bonchev–Trinajstić information content (AvgIpc) is 3.63. The van der Waals surface area contributed by atoms with Crippen LogP contribution in [0, 0.1) is 0 Å². The molecule has 2 aliphatic heterocycles. The van der Waals surface area contributed by atoms with Gasteiger partial charge in [-0.3, -0.25) is 4.79 Å². The molecule has 0 aromatic heterocycles. The maximum absolute atomic E-state index is 13.3. The van der Waals surface area contributed by atoms with E-state index in [2.05, 4.69) is 79.9 Å². The van der Waals surface area contributed by atoms with Gasteiger partial charge in [-0.2, -0.15) is 0 Å². The largest absolute Gasteiger partial charge is 0.394 e. The second-order valence-electron chi connectivity index (χ2n) is 23.9. The van der Waals surface area contributed by atoms with Crippen LogP contribution in [0.2, 0.25) is 0 Å². The van der Waals surface area contributed by atoms with Gasteiger partial charge in [-0.25, -0.2) is 0 Å². The first-order valence-corrected chi connectivity index (χ1v) is 34.0. The number of hydrogen-bond donors (Lipinski definition) is 9. The Bertz CT molecular complexity index is 1620. The molecule has 0 aromatic rings. The van der Waals surface area contributed by atoms with Gasteiger partial charge < -0.3 is 65.1 Å². The first kappa shape index (κ1) is 76.8. The van der Waals surface area contributed by atoms with Crippen LogP contribution in [-0.2, 0) is 23.7 Å². The molecular weight excluding hydrogens is 1050 g/mol. The molecule has 0 aliphatic carbocycles. The molecule has 484 valence electrons. The number of rotatable bonds is 55. The molecule has 2 fully saturated rings. The Morgan fingerprint density at radius 1 is 0.446 bits per heavy atom. The molecule has 83 heavy (non-hydrogen) atoms. The van der Waals surface area contributed by atoms with Gasteiger partial charge in [-0.15, -0.1) is 0 Å². The summed E-state index contributed by atoms with van der Waals surface area (Å²) in [7, 11) is 0. The lowest BCUT2D eigenvalue weighted by atomic mass is 9.97. The highest BCUT2D eigenvalue weighted by Crippen LogP contribution is 2.30. The molecule has 0 radical (unpaired) electrons. The number of nitrogens with one attached hydrogen (secondary N) is 1. The van der Waals surface area contributed by atoms with Gasteiger partial charge in [0.1, 0.15) is 48.8 Å². The van der Waals surface area contributed by atoms with E-state index in [-0.39, 0.29) is 12.5 Å². The number of amides is 1. The maximum atomic E-state index is 13.3. The zero-order valence-electron chi connectivity index (χ0n) is 52.4. The summed E-state index contributed by atoms with van der Waals surface area (Å²) >= 11 is 0. The van der Waals surface area contributed by atoms with E-state index < -0.39 is 86.8 Å². The third-order valence-corrected chi connectivity index (χ3v) is 16.5. The third kappa shape index (κ3) is 38.6. The third-order valence-electron chi connectivity index (χ3n) is 16.5. The number of unbranched alkanes of at least 4 members (excludes halogenated alkanes) is 32. The number of hydrogen-bond acceptors (Lipinski definition) is 13. The van der Waals surface area contributed by atoms with E-state index in [1.54, 1.807) is 0 Å². The van der Waals surface area contributed by atoms with Gasteiger partial charge in [-0.1, -0.05) is 274 Å². The second-order valence-corrected chi connectivity index (χ2v) is 23.9. The monoisotopic (exact) mass is 1180 g/mol. The van der Waals surface area contributed by atoms with E-state index in [0.717, 1.165) is 83.5 Å². The number of carbonyl (C=O) groups excluding carboxylic acids is 1. The van der Waals surface area contributed by atoms with Crippen molar-refractivity contribution in [3.8, 4) is 0 Å². The SMILES string of the molecule is CC/C=C\C/C=C\C/C=C\C/C=C\C/C=C\CCCCCCCCCCCCCCCCCCCC(=O)NC(COC1OC(CO)C(OC2OC(CO)C(O)C(O)C2O)C(O)C1O)C(O)CCCCCCCCCCCCCCCCCC. The molecule has 2 aliphatic rings. The van der Waals surface area contributed by atoms with Crippen LogP contribution >= 0.6 is 0 Å². The second kappa shape index (κ2) is 53.9. The van der Waals surface area contributed by atoms with Crippen LogP contribution in [0.3, 0.4) is 0 Å². The number of allylic oxidation sites excluding steroid dienone is 10. The molecule has 14 heteroatoms. The fourth-order valence-corrected chi connectivity index (χ4v) is 11.1. The molecule has 9 N–H and O–H groups in total. The summed E-state index contributed by atoms with van der Waals surface area (Å²) in [5.41, 5.74) is 0. The highest BCUT2D eigenvalue weighted by atomic mass is 16.7. The van der Waals surface area contributed by atoms with Crippen LogP contribution in [0.15, 0.2) is 60.8 Å². The minimum Gasteiger partial charge on any atom is -0.394 e. The number of aliphatic hydroxyl groups is 8. The first-order chi connectivity index (χ1) is 40.6. The molecule has 14 nitrogen and oxygen atoms in total. The molecule has 0 spiro atoms. The van der Waals surface area contributed by atoms with Crippen molar-refractivity contribution < 1.29 is 64.6 Å². The van der Waals surface area contributed by atoms with E-state index in [9.17, 15) is 45.6 Å². The van der Waals surface area contributed by atoms with Crippen molar-refractivity contribution >= 4 is 5.91 Å². The quantitative estimate of drug-likeness (QED) is 0.0204. The fraction of sp³-hybridized carbons (Fsp3) is 0.841. The summed E-state index contributed by atoms with van der Waals surface area (Å²) in [5.74, 6) is -0.205. The Morgan fingerprint density at radius 3 is 1.28 bits per heavy atom. The predicted molar refractivity (Wildman–Crippen MR) is 337 cm³/mol. The van der Waals surface area contributed by atoms with Gasteiger partial charge in [0.25, 0.3) is 0 Å². The highest BCUT2D eigenvalue weighted by Gasteiger charge is 2.51. The number of aliphatic hydroxyl groups excluding tert-OH is 8. The molecule has 2 heterocycles. The molecule has 0 bridgehead atoms. The van der Waals surface area contributed by atoms with Crippen LogP contribution < -0.4 is 5.32 Å². The summed E-state index contributed by atoms with van der Waals surface area (Å²) in [6, 6.07) is -0.830. The van der Waals surface area contributed by atoms with Crippen LogP contribution in [-0.4, -0.2) is 140 Å². The van der Waals surface area contributed by atoms with Crippen molar-refractivity contribution in [2.24, 2.45) is 0 Å². The van der Waals surface area contributed by atoms with Gasteiger partial charge in [-0.05, 0) is 57.8 Å². The molecule has 12 atom stereocenters. The Hall–Kier alpha value is -2.31. The molecule has 0 aromatic carbocycles.